The van der Waals surface area contributed by atoms with Crippen molar-refractivity contribution in [3.63, 3.8) is 0 Å². The Morgan fingerprint density at radius 2 is 1.31 bits per heavy atom. The molecule has 1 rings (SSSR count). The van der Waals surface area contributed by atoms with Gasteiger partial charge in [0.05, 0.1) is 19.8 Å². The third-order valence-electron chi connectivity index (χ3n) is 5.67. The first-order valence-electron chi connectivity index (χ1n) is 12.2. The maximum Gasteiger partial charge on any atom is 0.123 e. The molecule has 0 aliphatic heterocycles. The lowest BCUT2D eigenvalue weighted by atomic mass is 10.0. The van der Waals surface area contributed by atoms with Crippen LogP contribution in [0, 0.1) is 5.92 Å². The molecule has 0 bridgehead atoms. The van der Waals surface area contributed by atoms with Crippen LogP contribution in [0.15, 0.2) is 18.2 Å². The molecule has 0 fully saturated rings. The molecule has 0 saturated carbocycles. The van der Waals surface area contributed by atoms with Crippen LogP contribution >= 0.6 is 0 Å². The molecule has 0 saturated heterocycles. The van der Waals surface area contributed by atoms with Crippen LogP contribution in [0.5, 0.6) is 11.5 Å². The van der Waals surface area contributed by atoms with Crippen molar-refractivity contribution < 1.29 is 14.6 Å². The Morgan fingerprint density at radius 1 is 0.724 bits per heavy atom. The van der Waals surface area contributed by atoms with Gasteiger partial charge in [-0.25, -0.2) is 0 Å². The summed E-state index contributed by atoms with van der Waals surface area (Å²) in [7, 11) is 0. The number of rotatable bonds is 19. The first-order chi connectivity index (χ1) is 14.2. The zero-order valence-electron chi connectivity index (χ0n) is 19.4. The van der Waals surface area contributed by atoms with Crippen molar-refractivity contribution in [2.75, 3.05) is 13.2 Å². The lowest BCUT2D eigenvalue weighted by Gasteiger charge is -2.17. The monoisotopic (exact) mass is 406 g/mol. The predicted octanol–water partition coefficient (Wildman–Crippen LogP) is 7.68. The van der Waals surface area contributed by atoms with Crippen LogP contribution in [-0.2, 0) is 6.61 Å². The van der Waals surface area contributed by atoms with Gasteiger partial charge in [-0.3, -0.25) is 0 Å². The van der Waals surface area contributed by atoms with Gasteiger partial charge in [0, 0.05) is 6.07 Å². The minimum atomic E-state index is 0.0125. The Balaban J connectivity index is 2.31. The van der Waals surface area contributed by atoms with Gasteiger partial charge in [0.15, 0.2) is 0 Å². The number of hydrogen-bond donors (Lipinski definition) is 1. The largest absolute Gasteiger partial charge is 0.493 e. The van der Waals surface area contributed by atoms with E-state index in [0.717, 1.165) is 43.1 Å². The van der Waals surface area contributed by atoms with Gasteiger partial charge in [-0.15, -0.1) is 0 Å². The summed E-state index contributed by atoms with van der Waals surface area (Å²) in [6, 6.07) is 5.83. The zero-order chi connectivity index (χ0) is 21.2. The van der Waals surface area contributed by atoms with Crippen molar-refractivity contribution >= 4 is 0 Å². The van der Waals surface area contributed by atoms with Gasteiger partial charge >= 0.3 is 0 Å². The molecule has 1 unspecified atom stereocenters. The van der Waals surface area contributed by atoms with Crippen molar-refractivity contribution in [2.45, 2.75) is 111 Å². The minimum Gasteiger partial charge on any atom is -0.493 e. The molecule has 0 radical (unpaired) electrons. The Kier molecular flexibility index (Phi) is 15.7. The molecule has 1 atom stereocenters. The summed E-state index contributed by atoms with van der Waals surface area (Å²) in [6.45, 7) is 8.21. The zero-order valence-corrected chi connectivity index (χ0v) is 19.4. The Labute approximate surface area is 180 Å². The SMILES string of the molecule is CCCCCCCCCCCOc1cc(CO)cc(OCC(CC)CCCC)c1. The highest BCUT2D eigenvalue weighted by atomic mass is 16.5. The number of aliphatic hydroxyl groups excluding tert-OH is 1. The van der Waals surface area contributed by atoms with E-state index in [4.69, 9.17) is 9.47 Å². The normalized spacial score (nSPS) is 12.1. The summed E-state index contributed by atoms with van der Waals surface area (Å²) < 4.78 is 12.0. The number of aliphatic hydroxyl groups is 1. The molecule has 3 heteroatoms. The highest BCUT2D eigenvalue weighted by molar-refractivity contribution is 5.38. The summed E-state index contributed by atoms with van der Waals surface area (Å²) >= 11 is 0. The molecule has 3 nitrogen and oxygen atoms in total. The van der Waals surface area contributed by atoms with E-state index in [0.29, 0.717) is 5.92 Å². The lowest BCUT2D eigenvalue weighted by molar-refractivity contribution is 0.229. The average molecular weight is 407 g/mol. The number of ether oxygens (including phenoxy) is 2. The molecule has 0 aliphatic rings. The standard InChI is InChI=1S/C26H46O3/c1-4-7-9-10-11-12-13-14-15-17-28-25-18-24(21-27)19-26(20-25)29-22-23(6-3)16-8-5-2/h18-20,23,27H,4-17,21-22H2,1-3H3. The molecule has 0 amide bonds. The van der Waals surface area contributed by atoms with Crippen LogP contribution in [0.25, 0.3) is 0 Å². The fourth-order valence-corrected chi connectivity index (χ4v) is 3.60. The summed E-state index contributed by atoms with van der Waals surface area (Å²) in [5.74, 6) is 2.22. The van der Waals surface area contributed by atoms with E-state index in [1.807, 2.05) is 18.2 Å². The topological polar surface area (TPSA) is 38.7 Å². The fourth-order valence-electron chi connectivity index (χ4n) is 3.60. The van der Waals surface area contributed by atoms with Gasteiger partial charge < -0.3 is 14.6 Å². The second-order valence-electron chi connectivity index (χ2n) is 8.38. The fraction of sp³-hybridized carbons (Fsp3) is 0.769. The molecular formula is C26H46O3. The van der Waals surface area contributed by atoms with Gasteiger partial charge in [-0.2, -0.15) is 0 Å². The molecular weight excluding hydrogens is 360 g/mol. The van der Waals surface area contributed by atoms with Crippen molar-refractivity contribution in [1.82, 2.24) is 0 Å². The number of hydrogen-bond acceptors (Lipinski definition) is 3. The summed E-state index contributed by atoms with van der Waals surface area (Å²) in [5, 5.41) is 9.56. The molecule has 168 valence electrons. The van der Waals surface area contributed by atoms with Crippen molar-refractivity contribution in [2.24, 2.45) is 5.92 Å². The van der Waals surface area contributed by atoms with Gasteiger partial charge in [0.25, 0.3) is 0 Å². The van der Waals surface area contributed by atoms with E-state index in [1.165, 1.54) is 70.6 Å². The van der Waals surface area contributed by atoms with Crippen LogP contribution < -0.4 is 9.47 Å². The number of benzene rings is 1. The minimum absolute atomic E-state index is 0.0125. The Bertz CT molecular complexity index is 501. The summed E-state index contributed by atoms with van der Waals surface area (Å²) in [4.78, 5) is 0. The maximum atomic E-state index is 9.56. The number of unbranched alkanes of at least 4 members (excludes halogenated alkanes) is 9. The van der Waals surface area contributed by atoms with Gasteiger partial charge in [0.1, 0.15) is 11.5 Å². The second-order valence-corrected chi connectivity index (χ2v) is 8.38. The first kappa shape index (κ1) is 25.8. The van der Waals surface area contributed by atoms with Crippen LogP contribution in [0.1, 0.15) is 110 Å². The molecule has 0 aromatic heterocycles. The van der Waals surface area contributed by atoms with Gasteiger partial charge in [-0.05, 0) is 36.5 Å². The first-order valence-corrected chi connectivity index (χ1v) is 12.2. The molecule has 29 heavy (non-hydrogen) atoms. The van der Waals surface area contributed by atoms with E-state index in [1.54, 1.807) is 0 Å². The van der Waals surface area contributed by atoms with E-state index >= 15 is 0 Å². The molecule has 0 spiro atoms. The maximum absolute atomic E-state index is 9.56. The van der Waals surface area contributed by atoms with Crippen LogP contribution in [-0.4, -0.2) is 18.3 Å². The molecule has 1 aromatic rings. The summed E-state index contributed by atoms with van der Waals surface area (Å²) in [6.07, 6.45) is 16.7. The smallest absolute Gasteiger partial charge is 0.123 e. The van der Waals surface area contributed by atoms with Crippen molar-refractivity contribution in [1.29, 1.82) is 0 Å². The third-order valence-corrected chi connectivity index (χ3v) is 5.67. The Morgan fingerprint density at radius 3 is 1.90 bits per heavy atom. The molecule has 1 N–H and O–H groups in total. The highest BCUT2D eigenvalue weighted by Gasteiger charge is 2.09. The second kappa shape index (κ2) is 17.6. The van der Waals surface area contributed by atoms with E-state index in [9.17, 15) is 5.11 Å². The van der Waals surface area contributed by atoms with Crippen LogP contribution in [0.3, 0.4) is 0 Å². The van der Waals surface area contributed by atoms with E-state index in [2.05, 4.69) is 20.8 Å². The van der Waals surface area contributed by atoms with Crippen LogP contribution in [0.4, 0.5) is 0 Å². The molecule has 0 aliphatic carbocycles. The van der Waals surface area contributed by atoms with E-state index in [-0.39, 0.29) is 6.61 Å². The van der Waals surface area contributed by atoms with Gasteiger partial charge in [-0.1, -0.05) is 91.4 Å². The average Bonchev–Trinajstić information content (AvgIpc) is 2.75. The summed E-state index contributed by atoms with van der Waals surface area (Å²) in [5.41, 5.74) is 0.853. The lowest BCUT2D eigenvalue weighted by Crippen LogP contribution is -2.11. The van der Waals surface area contributed by atoms with Gasteiger partial charge in [0.2, 0.25) is 0 Å². The van der Waals surface area contributed by atoms with Crippen molar-refractivity contribution in [3.05, 3.63) is 23.8 Å². The third kappa shape index (κ3) is 12.8. The predicted molar refractivity (Wildman–Crippen MR) is 124 cm³/mol. The molecule has 0 heterocycles. The Hall–Kier alpha value is -1.22. The highest BCUT2D eigenvalue weighted by Crippen LogP contribution is 2.25. The van der Waals surface area contributed by atoms with Crippen molar-refractivity contribution in [3.8, 4) is 11.5 Å². The van der Waals surface area contributed by atoms with E-state index < -0.39 is 0 Å². The van der Waals surface area contributed by atoms with Crippen LogP contribution in [0.2, 0.25) is 0 Å². The quantitative estimate of drug-likeness (QED) is 0.239. The molecule has 1 aromatic carbocycles.